The van der Waals surface area contributed by atoms with E-state index >= 15 is 0 Å². The van der Waals surface area contributed by atoms with Crippen molar-refractivity contribution in [2.75, 3.05) is 26.7 Å². The Morgan fingerprint density at radius 3 is 2.42 bits per heavy atom. The SMILES string of the molecule is COc1cc(C)c(C)cc1CCN1CCC(=O)CC1. The summed E-state index contributed by atoms with van der Waals surface area (Å²) < 4.78 is 5.47. The number of Topliss-reactive ketones (excluding diaryl/α,β-unsaturated/α-hetero) is 1. The second-order valence-corrected chi connectivity index (χ2v) is 5.38. The first-order chi connectivity index (χ1) is 9.10. The number of carbonyl (C=O) groups excluding carboxylic acids is 1. The molecule has 3 nitrogen and oxygen atoms in total. The maximum atomic E-state index is 11.2. The number of benzene rings is 1. The summed E-state index contributed by atoms with van der Waals surface area (Å²) in [6.45, 7) is 7.07. The fourth-order valence-electron chi connectivity index (χ4n) is 2.54. The van der Waals surface area contributed by atoms with E-state index in [9.17, 15) is 4.79 Å². The molecule has 0 saturated carbocycles. The van der Waals surface area contributed by atoms with E-state index in [1.165, 1.54) is 16.7 Å². The molecular weight excluding hydrogens is 238 g/mol. The minimum atomic E-state index is 0.403. The molecule has 0 spiro atoms. The number of methoxy groups -OCH3 is 1. The van der Waals surface area contributed by atoms with Crippen LogP contribution < -0.4 is 4.74 Å². The van der Waals surface area contributed by atoms with Gasteiger partial charge in [-0.25, -0.2) is 0 Å². The van der Waals surface area contributed by atoms with Crippen LogP contribution in [0.1, 0.15) is 29.5 Å². The molecule has 0 aliphatic carbocycles. The Kier molecular flexibility index (Phi) is 4.59. The Morgan fingerprint density at radius 2 is 1.79 bits per heavy atom. The second-order valence-electron chi connectivity index (χ2n) is 5.38. The van der Waals surface area contributed by atoms with Crippen molar-refractivity contribution in [2.24, 2.45) is 0 Å². The van der Waals surface area contributed by atoms with Crippen LogP contribution in [0, 0.1) is 13.8 Å². The van der Waals surface area contributed by atoms with Crippen molar-refractivity contribution in [1.29, 1.82) is 0 Å². The van der Waals surface area contributed by atoms with Crippen molar-refractivity contribution in [1.82, 2.24) is 4.90 Å². The smallest absolute Gasteiger partial charge is 0.135 e. The predicted octanol–water partition coefficient (Wildman–Crippen LogP) is 2.52. The molecule has 0 amide bonds. The zero-order valence-corrected chi connectivity index (χ0v) is 12.2. The lowest BCUT2D eigenvalue weighted by Crippen LogP contribution is -2.35. The van der Waals surface area contributed by atoms with Crippen LogP contribution in [0.5, 0.6) is 5.75 Å². The third-order valence-corrected chi connectivity index (χ3v) is 4.01. The van der Waals surface area contributed by atoms with Gasteiger partial charge in [-0.05, 0) is 43.0 Å². The third kappa shape index (κ3) is 3.57. The van der Waals surface area contributed by atoms with Crippen LogP contribution in [0.25, 0.3) is 0 Å². The van der Waals surface area contributed by atoms with Gasteiger partial charge in [0.1, 0.15) is 11.5 Å². The van der Waals surface area contributed by atoms with Gasteiger partial charge < -0.3 is 9.64 Å². The summed E-state index contributed by atoms with van der Waals surface area (Å²) in [5, 5.41) is 0. The van der Waals surface area contributed by atoms with Crippen LogP contribution in [0.2, 0.25) is 0 Å². The van der Waals surface area contributed by atoms with Crippen molar-refractivity contribution in [3.8, 4) is 5.75 Å². The van der Waals surface area contributed by atoms with Crippen LogP contribution in [0.15, 0.2) is 12.1 Å². The lowest BCUT2D eigenvalue weighted by atomic mass is 10.0. The Morgan fingerprint density at radius 1 is 1.16 bits per heavy atom. The Hall–Kier alpha value is -1.35. The molecule has 2 rings (SSSR count). The van der Waals surface area contributed by atoms with E-state index < -0.39 is 0 Å². The lowest BCUT2D eigenvalue weighted by molar-refractivity contribution is -0.121. The summed E-state index contributed by atoms with van der Waals surface area (Å²) in [5.74, 6) is 1.39. The Labute approximate surface area is 115 Å². The highest BCUT2D eigenvalue weighted by Crippen LogP contribution is 2.24. The molecule has 1 heterocycles. The monoisotopic (exact) mass is 261 g/mol. The van der Waals surface area contributed by atoms with Gasteiger partial charge in [0.15, 0.2) is 0 Å². The van der Waals surface area contributed by atoms with Gasteiger partial charge in [0.25, 0.3) is 0 Å². The molecule has 1 saturated heterocycles. The fraction of sp³-hybridized carbons (Fsp3) is 0.562. The normalized spacial score (nSPS) is 16.7. The molecule has 3 heteroatoms. The zero-order chi connectivity index (χ0) is 13.8. The molecule has 1 aliphatic heterocycles. The predicted molar refractivity (Wildman–Crippen MR) is 76.9 cm³/mol. The maximum Gasteiger partial charge on any atom is 0.135 e. The van der Waals surface area contributed by atoms with Crippen LogP contribution in [-0.2, 0) is 11.2 Å². The first-order valence-corrected chi connectivity index (χ1v) is 6.98. The maximum absolute atomic E-state index is 11.2. The second kappa shape index (κ2) is 6.20. The number of ketones is 1. The molecular formula is C16H23NO2. The average molecular weight is 261 g/mol. The largest absolute Gasteiger partial charge is 0.496 e. The zero-order valence-electron chi connectivity index (χ0n) is 12.2. The third-order valence-electron chi connectivity index (χ3n) is 4.01. The molecule has 1 fully saturated rings. The Balaban J connectivity index is 1.99. The van der Waals surface area contributed by atoms with E-state index in [-0.39, 0.29) is 0 Å². The van der Waals surface area contributed by atoms with Crippen molar-refractivity contribution in [3.05, 3.63) is 28.8 Å². The number of piperidine rings is 1. The van der Waals surface area contributed by atoms with Gasteiger partial charge in [-0.15, -0.1) is 0 Å². The van der Waals surface area contributed by atoms with E-state index in [0.717, 1.165) is 31.8 Å². The lowest BCUT2D eigenvalue weighted by Gasteiger charge is -2.26. The summed E-state index contributed by atoms with van der Waals surface area (Å²) in [7, 11) is 1.73. The number of likely N-dealkylation sites (tertiary alicyclic amines) is 1. The number of aryl methyl sites for hydroxylation is 2. The van der Waals surface area contributed by atoms with Crippen molar-refractivity contribution in [2.45, 2.75) is 33.1 Å². The van der Waals surface area contributed by atoms with Crippen molar-refractivity contribution in [3.63, 3.8) is 0 Å². The van der Waals surface area contributed by atoms with Gasteiger partial charge in [-0.2, -0.15) is 0 Å². The molecule has 1 aromatic carbocycles. The molecule has 104 valence electrons. The fourth-order valence-corrected chi connectivity index (χ4v) is 2.54. The van der Waals surface area contributed by atoms with E-state index in [1.54, 1.807) is 7.11 Å². The molecule has 0 N–H and O–H groups in total. The summed E-state index contributed by atoms with van der Waals surface area (Å²) in [6, 6.07) is 4.34. The summed E-state index contributed by atoms with van der Waals surface area (Å²) in [6.07, 6.45) is 2.41. The number of ether oxygens (including phenoxy) is 1. The number of nitrogens with zero attached hydrogens (tertiary/aromatic N) is 1. The van der Waals surface area contributed by atoms with Gasteiger partial charge in [-0.1, -0.05) is 6.07 Å². The number of hydrogen-bond donors (Lipinski definition) is 0. The van der Waals surface area contributed by atoms with E-state index in [4.69, 9.17) is 4.74 Å². The highest BCUT2D eigenvalue weighted by molar-refractivity contribution is 5.79. The van der Waals surface area contributed by atoms with Gasteiger partial charge in [0, 0.05) is 32.5 Å². The van der Waals surface area contributed by atoms with Crippen LogP contribution in [0.3, 0.4) is 0 Å². The molecule has 1 aliphatic rings. The number of hydrogen-bond acceptors (Lipinski definition) is 3. The average Bonchev–Trinajstić information content (AvgIpc) is 2.41. The first kappa shape index (κ1) is 14.1. The number of rotatable bonds is 4. The van der Waals surface area contributed by atoms with Crippen molar-refractivity contribution < 1.29 is 9.53 Å². The molecule has 19 heavy (non-hydrogen) atoms. The number of carbonyl (C=O) groups is 1. The molecule has 1 aromatic rings. The quantitative estimate of drug-likeness (QED) is 0.834. The van der Waals surface area contributed by atoms with Gasteiger partial charge >= 0.3 is 0 Å². The molecule has 0 atom stereocenters. The summed E-state index contributed by atoms with van der Waals surface area (Å²) >= 11 is 0. The van der Waals surface area contributed by atoms with Gasteiger partial charge in [-0.3, -0.25) is 4.79 Å². The topological polar surface area (TPSA) is 29.5 Å². The molecule has 0 aromatic heterocycles. The molecule has 0 radical (unpaired) electrons. The Bertz CT molecular complexity index is 458. The van der Waals surface area contributed by atoms with Crippen LogP contribution in [-0.4, -0.2) is 37.4 Å². The van der Waals surface area contributed by atoms with E-state index in [2.05, 4.69) is 30.9 Å². The van der Waals surface area contributed by atoms with E-state index in [1.807, 2.05) is 0 Å². The standard InChI is InChI=1S/C16H23NO2/c1-12-10-14(16(19-3)11-13(12)2)4-7-17-8-5-15(18)6-9-17/h10-11H,4-9H2,1-3H3. The van der Waals surface area contributed by atoms with Gasteiger partial charge in [0.05, 0.1) is 7.11 Å². The van der Waals surface area contributed by atoms with Crippen LogP contribution >= 0.6 is 0 Å². The summed E-state index contributed by atoms with van der Waals surface area (Å²) in [5.41, 5.74) is 3.84. The van der Waals surface area contributed by atoms with Crippen LogP contribution in [0.4, 0.5) is 0 Å². The minimum Gasteiger partial charge on any atom is -0.496 e. The minimum absolute atomic E-state index is 0.403. The van der Waals surface area contributed by atoms with E-state index in [0.29, 0.717) is 18.6 Å². The van der Waals surface area contributed by atoms with Crippen molar-refractivity contribution >= 4 is 5.78 Å². The van der Waals surface area contributed by atoms with Gasteiger partial charge in [0.2, 0.25) is 0 Å². The molecule has 0 bridgehead atoms. The first-order valence-electron chi connectivity index (χ1n) is 6.98. The highest BCUT2D eigenvalue weighted by Gasteiger charge is 2.16. The summed E-state index contributed by atoms with van der Waals surface area (Å²) in [4.78, 5) is 13.6. The molecule has 0 unspecified atom stereocenters. The highest BCUT2D eigenvalue weighted by atomic mass is 16.5.